The smallest absolute Gasteiger partial charge is 0.209 e. The Morgan fingerprint density at radius 1 is 1.35 bits per heavy atom. The van der Waals surface area contributed by atoms with Crippen LogP contribution in [-0.4, -0.2) is 18.1 Å². The van der Waals surface area contributed by atoms with Crippen LogP contribution >= 0.6 is 0 Å². The number of ether oxygens (including phenoxy) is 1. The molecule has 0 saturated heterocycles. The van der Waals surface area contributed by atoms with Gasteiger partial charge in [-0.05, 0) is 31.2 Å². The average molecular weight is 351 g/mol. The lowest BCUT2D eigenvalue weighted by Gasteiger charge is -2.11. The molecule has 0 aliphatic rings. The number of nitriles is 1. The summed E-state index contributed by atoms with van der Waals surface area (Å²) < 4.78 is 16.2. The molecule has 1 aromatic carbocycles. The van der Waals surface area contributed by atoms with Crippen molar-refractivity contribution in [1.29, 1.82) is 5.26 Å². The van der Waals surface area contributed by atoms with E-state index in [0.717, 1.165) is 11.3 Å². The Bertz CT molecular complexity index is 938. The topological polar surface area (TPSA) is 109 Å². The summed E-state index contributed by atoms with van der Waals surface area (Å²) >= 11 is 0. The number of oxazole rings is 1. The van der Waals surface area contributed by atoms with Gasteiger partial charge in [-0.2, -0.15) is 5.26 Å². The largest absolute Gasteiger partial charge is 0.496 e. The van der Waals surface area contributed by atoms with E-state index in [9.17, 15) is 0 Å². The number of furan rings is 1. The van der Waals surface area contributed by atoms with Crippen LogP contribution in [0.4, 0.5) is 5.69 Å². The molecule has 0 aliphatic carbocycles. The van der Waals surface area contributed by atoms with Gasteiger partial charge in [-0.25, -0.2) is 9.98 Å². The summed E-state index contributed by atoms with van der Waals surface area (Å²) in [7, 11) is 1.57. The second kappa shape index (κ2) is 7.90. The van der Waals surface area contributed by atoms with Gasteiger partial charge in [0, 0.05) is 11.8 Å². The minimum absolute atomic E-state index is 0.302. The number of methoxy groups -OCH3 is 1. The predicted molar refractivity (Wildman–Crippen MR) is 95.4 cm³/mol. The highest BCUT2D eigenvalue weighted by molar-refractivity contribution is 5.95. The van der Waals surface area contributed by atoms with Crippen LogP contribution in [0.15, 0.2) is 56.7 Å². The molecule has 2 N–H and O–H groups in total. The Balaban J connectivity index is 1.79. The number of guanidine groups is 1. The van der Waals surface area contributed by atoms with Gasteiger partial charge < -0.3 is 18.9 Å². The van der Waals surface area contributed by atoms with E-state index in [0.29, 0.717) is 35.5 Å². The highest BCUT2D eigenvalue weighted by atomic mass is 16.5. The van der Waals surface area contributed by atoms with Crippen molar-refractivity contribution in [1.82, 2.24) is 10.3 Å². The number of aryl methyl sites for hydroxylation is 1. The van der Waals surface area contributed by atoms with Gasteiger partial charge in [0.05, 0.1) is 18.9 Å². The third kappa shape index (κ3) is 4.02. The maximum absolute atomic E-state index is 8.94. The van der Waals surface area contributed by atoms with Gasteiger partial charge in [-0.3, -0.25) is 5.32 Å². The number of nitrogens with one attached hydrogen (secondary N) is 2. The van der Waals surface area contributed by atoms with E-state index in [2.05, 4.69) is 20.6 Å². The van der Waals surface area contributed by atoms with Crippen molar-refractivity contribution in [2.24, 2.45) is 4.99 Å². The van der Waals surface area contributed by atoms with Crippen molar-refractivity contribution in [2.75, 3.05) is 12.4 Å². The molecule has 0 amide bonds. The predicted octanol–water partition coefficient (Wildman–Crippen LogP) is 3.29. The first-order valence-corrected chi connectivity index (χ1v) is 7.78. The molecule has 2 heterocycles. The fourth-order valence-electron chi connectivity index (χ4n) is 2.35. The molecule has 2 aromatic heterocycles. The number of anilines is 1. The minimum Gasteiger partial charge on any atom is -0.496 e. The monoisotopic (exact) mass is 351 g/mol. The number of rotatable bonds is 5. The number of benzene rings is 1. The molecule has 0 bridgehead atoms. The SMILES string of the molecule is COc1cc(N/C(=N/Cc2ccc(C)o2)NC#N)ccc1-c1cnco1. The molecule has 0 radical (unpaired) electrons. The average Bonchev–Trinajstić information content (AvgIpc) is 3.31. The quantitative estimate of drug-likeness (QED) is 0.314. The van der Waals surface area contributed by atoms with Crippen molar-refractivity contribution >= 4 is 11.6 Å². The summed E-state index contributed by atoms with van der Waals surface area (Å²) in [5.74, 6) is 3.02. The first-order valence-electron chi connectivity index (χ1n) is 7.78. The lowest BCUT2D eigenvalue weighted by molar-refractivity contribution is 0.415. The number of hydrogen-bond acceptors (Lipinski definition) is 6. The van der Waals surface area contributed by atoms with E-state index in [1.165, 1.54) is 6.39 Å². The summed E-state index contributed by atoms with van der Waals surface area (Å²) in [4.78, 5) is 8.24. The fraction of sp³-hybridized carbons (Fsp3) is 0.167. The van der Waals surface area contributed by atoms with E-state index >= 15 is 0 Å². The number of aromatic nitrogens is 1. The summed E-state index contributed by atoms with van der Waals surface area (Å²) in [6.45, 7) is 2.17. The van der Waals surface area contributed by atoms with Gasteiger partial charge >= 0.3 is 0 Å². The van der Waals surface area contributed by atoms with Gasteiger partial charge in [0.1, 0.15) is 23.8 Å². The van der Waals surface area contributed by atoms with Gasteiger partial charge in [0.2, 0.25) is 5.96 Å². The third-order valence-corrected chi connectivity index (χ3v) is 3.53. The van der Waals surface area contributed by atoms with Crippen LogP contribution in [0.1, 0.15) is 11.5 Å². The molecule has 0 fully saturated rings. The van der Waals surface area contributed by atoms with Crippen molar-refractivity contribution in [3.63, 3.8) is 0 Å². The molecular formula is C18H17N5O3. The van der Waals surface area contributed by atoms with Crippen LogP contribution in [0, 0.1) is 18.4 Å². The Morgan fingerprint density at radius 2 is 2.23 bits per heavy atom. The van der Waals surface area contributed by atoms with Crippen molar-refractivity contribution in [3.8, 4) is 23.3 Å². The van der Waals surface area contributed by atoms with Gasteiger partial charge in [-0.15, -0.1) is 0 Å². The zero-order valence-electron chi connectivity index (χ0n) is 14.3. The molecule has 3 rings (SSSR count). The molecule has 3 aromatic rings. The van der Waals surface area contributed by atoms with Gasteiger partial charge in [-0.1, -0.05) is 0 Å². The molecule has 132 valence electrons. The Kier molecular flexibility index (Phi) is 5.19. The normalized spacial score (nSPS) is 11.0. The molecule has 0 aliphatic heterocycles. The van der Waals surface area contributed by atoms with E-state index in [4.69, 9.17) is 18.8 Å². The minimum atomic E-state index is 0.302. The first-order chi connectivity index (χ1) is 12.7. The van der Waals surface area contributed by atoms with E-state index in [1.807, 2.05) is 37.4 Å². The van der Waals surface area contributed by atoms with E-state index < -0.39 is 0 Å². The highest BCUT2D eigenvalue weighted by Gasteiger charge is 2.11. The van der Waals surface area contributed by atoms with Crippen molar-refractivity contribution in [2.45, 2.75) is 13.5 Å². The summed E-state index contributed by atoms with van der Waals surface area (Å²) in [6, 6.07) is 9.15. The number of aliphatic imine (C=N–C) groups is 1. The van der Waals surface area contributed by atoms with Crippen molar-refractivity contribution < 1.29 is 13.6 Å². The van der Waals surface area contributed by atoms with Crippen LogP contribution in [0.3, 0.4) is 0 Å². The molecule has 0 spiro atoms. The maximum atomic E-state index is 8.94. The van der Waals surface area contributed by atoms with Crippen molar-refractivity contribution in [3.05, 3.63) is 54.4 Å². The lowest BCUT2D eigenvalue weighted by atomic mass is 10.1. The summed E-state index contributed by atoms with van der Waals surface area (Å²) in [6.07, 6.45) is 4.84. The Hall–Kier alpha value is -3.73. The van der Waals surface area contributed by atoms with E-state index in [1.54, 1.807) is 19.4 Å². The highest BCUT2D eigenvalue weighted by Crippen LogP contribution is 2.32. The first kappa shape index (κ1) is 17.1. The van der Waals surface area contributed by atoms with Crippen LogP contribution in [0.5, 0.6) is 5.75 Å². The Labute approximate surface area is 150 Å². The summed E-state index contributed by atoms with van der Waals surface area (Å²) in [5.41, 5.74) is 1.47. The molecule has 8 nitrogen and oxygen atoms in total. The van der Waals surface area contributed by atoms with Crippen LogP contribution < -0.4 is 15.4 Å². The lowest BCUT2D eigenvalue weighted by Crippen LogP contribution is -2.26. The maximum Gasteiger partial charge on any atom is 0.209 e. The van der Waals surface area contributed by atoms with E-state index in [-0.39, 0.29) is 0 Å². The zero-order chi connectivity index (χ0) is 18.4. The van der Waals surface area contributed by atoms with Gasteiger partial charge in [0.15, 0.2) is 18.3 Å². The molecule has 8 heteroatoms. The standard InChI is InChI=1S/C18H17N5O3/c1-12-3-5-14(26-12)8-21-18(22-10-19)23-13-4-6-15(16(7-13)24-2)17-9-20-11-25-17/h3-7,9,11H,8H2,1-2H3,(H2,21,22,23). The number of nitrogens with zero attached hydrogens (tertiary/aromatic N) is 3. The van der Waals surface area contributed by atoms with Crippen LogP contribution in [0.25, 0.3) is 11.3 Å². The number of hydrogen-bond donors (Lipinski definition) is 2. The fourth-order valence-corrected chi connectivity index (χ4v) is 2.35. The van der Waals surface area contributed by atoms with Gasteiger partial charge in [0.25, 0.3) is 0 Å². The molecule has 26 heavy (non-hydrogen) atoms. The molecule has 0 saturated carbocycles. The molecular weight excluding hydrogens is 334 g/mol. The van der Waals surface area contributed by atoms with Crippen LogP contribution in [0.2, 0.25) is 0 Å². The second-order valence-electron chi connectivity index (χ2n) is 5.32. The summed E-state index contributed by atoms with van der Waals surface area (Å²) in [5, 5.41) is 14.5. The zero-order valence-corrected chi connectivity index (χ0v) is 14.3. The molecule has 0 unspecified atom stereocenters. The molecule has 0 atom stereocenters. The Morgan fingerprint density at radius 3 is 2.88 bits per heavy atom. The second-order valence-corrected chi connectivity index (χ2v) is 5.32. The third-order valence-electron chi connectivity index (χ3n) is 3.53. The van der Waals surface area contributed by atoms with Crippen LogP contribution in [-0.2, 0) is 6.54 Å².